The molecule has 0 atom stereocenters. The van der Waals surface area contributed by atoms with E-state index in [9.17, 15) is 0 Å². The highest BCUT2D eigenvalue weighted by molar-refractivity contribution is 6.11. The predicted molar refractivity (Wildman–Crippen MR) is 249 cm³/mol. The van der Waals surface area contributed by atoms with Crippen LogP contribution in [0.3, 0.4) is 0 Å². The van der Waals surface area contributed by atoms with Crippen LogP contribution in [0.1, 0.15) is 31.9 Å². The van der Waals surface area contributed by atoms with Crippen LogP contribution in [0, 0.1) is 0 Å². The molecule has 0 saturated heterocycles. The van der Waals surface area contributed by atoms with Crippen LogP contribution in [-0.2, 0) is 5.41 Å². The third-order valence-corrected chi connectivity index (χ3v) is 11.8. The molecule has 1 aliphatic rings. The van der Waals surface area contributed by atoms with Gasteiger partial charge in [0.05, 0.1) is 34.4 Å². The zero-order chi connectivity index (χ0) is 40.4. The Kier molecular flexibility index (Phi) is 8.34. The molecule has 0 amide bonds. The lowest BCUT2D eigenvalue weighted by Crippen LogP contribution is -2.26. The Morgan fingerprint density at radius 3 is 1.80 bits per heavy atom. The summed E-state index contributed by atoms with van der Waals surface area (Å²) in [4.78, 5) is 9.87. The molecule has 0 N–H and O–H groups in total. The number of hydrogen-bond donors (Lipinski definition) is 0. The van der Waals surface area contributed by atoms with Gasteiger partial charge in [0, 0.05) is 69.2 Å². The van der Waals surface area contributed by atoms with Crippen molar-refractivity contribution in [2.45, 2.75) is 26.2 Å². The topological polar surface area (TPSA) is 38.5 Å². The van der Waals surface area contributed by atoms with Crippen molar-refractivity contribution >= 4 is 60.7 Å². The molecule has 7 aromatic carbocycles. The Morgan fingerprint density at radius 2 is 1.08 bits per heavy atom. The minimum absolute atomic E-state index is 0.109. The summed E-state index contributed by atoms with van der Waals surface area (Å²) in [5, 5.41) is 4.61. The van der Waals surface area contributed by atoms with E-state index in [0.717, 1.165) is 72.9 Å². The number of para-hydroxylation sites is 4. The monoisotopic (exact) mass is 777 g/mol. The van der Waals surface area contributed by atoms with Gasteiger partial charge in [-0.1, -0.05) is 124 Å². The largest absolute Gasteiger partial charge is 0.457 e. The highest BCUT2D eigenvalue weighted by Gasteiger charge is 2.27. The Bertz CT molecular complexity index is 3250. The molecule has 0 bridgehead atoms. The first-order valence-corrected chi connectivity index (χ1v) is 20.6. The lowest BCUT2D eigenvalue weighted by atomic mass is 9.86. The fourth-order valence-electron chi connectivity index (χ4n) is 8.78. The van der Waals surface area contributed by atoms with Crippen molar-refractivity contribution in [1.82, 2.24) is 14.1 Å². The Balaban J connectivity index is 1.03. The Morgan fingerprint density at radius 1 is 0.483 bits per heavy atom. The highest BCUT2D eigenvalue weighted by atomic mass is 16.5. The van der Waals surface area contributed by atoms with Crippen molar-refractivity contribution in [2.75, 3.05) is 16.5 Å². The molecule has 0 fully saturated rings. The molecule has 0 unspecified atom stereocenters. The first kappa shape index (κ1) is 35.6. The number of aromatic nitrogens is 3. The van der Waals surface area contributed by atoms with Crippen LogP contribution >= 0.6 is 0 Å². The molecule has 290 valence electrons. The van der Waals surface area contributed by atoms with E-state index in [1.165, 1.54) is 21.9 Å². The number of rotatable bonds is 7. The van der Waals surface area contributed by atoms with Gasteiger partial charge in [-0.15, -0.1) is 0 Å². The second kappa shape index (κ2) is 14.1. The molecule has 4 heterocycles. The van der Waals surface area contributed by atoms with Gasteiger partial charge >= 0.3 is 0 Å². The maximum absolute atomic E-state index is 6.92. The SMILES string of the molecule is CC(C)(C)c1cc(Oc2ccc3c4ccccc4n(-c4cc5c(cn4)c4ccccc4n5-c4ccccc4)c3c2)cc(N2C=C(c3ccccc3)N(c3ccccc3)C2)c1. The molecule has 0 radical (unpaired) electrons. The van der Waals surface area contributed by atoms with Gasteiger partial charge < -0.3 is 19.1 Å². The third kappa shape index (κ3) is 6.07. The van der Waals surface area contributed by atoms with Crippen molar-refractivity contribution in [1.29, 1.82) is 0 Å². The number of ether oxygens (including phenoxy) is 1. The Labute approximate surface area is 349 Å². The second-order valence-electron chi connectivity index (χ2n) is 16.6. The number of hydrogen-bond acceptors (Lipinski definition) is 4. The van der Waals surface area contributed by atoms with E-state index < -0.39 is 0 Å². The van der Waals surface area contributed by atoms with Gasteiger partial charge in [0.2, 0.25) is 0 Å². The lowest BCUT2D eigenvalue weighted by Gasteiger charge is -2.26. The van der Waals surface area contributed by atoms with E-state index in [1.807, 2.05) is 6.20 Å². The average Bonchev–Trinajstić information content (AvgIpc) is 3.97. The van der Waals surface area contributed by atoms with Gasteiger partial charge in [0.1, 0.15) is 17.3 Å². The molecule has 11 rings (SSSR count). The first-order chi connectivity index (χ1) is 29.4. The minimum Gasteiger partial charge on any atom is -0.457 e. The number of benzene rings is 7. The summed E-state index contributed by atoms with van der Waals surface area (Å²) in [6, 6.07) is 64.3. The van der Waals surface area contributed by atoms with Crippen molar-refractivity contribution in [3.63, 3.8) is 0 Å². The molecule has 60 heavy (non-hydrogen) atoms. The molecule has 10 aromatic rings. The lowest BCUT2D eigenvalue weighted by molar-refractivity contribution is 0.479. The van der Waals surface area contributed by atoms with Crippen LogP contribution in [0.5, 0.6) is 11.5 Å². The van der Waals surface area contributed by atoms with Gasteiger partial charge in [-0.3, -0.25) is 4.57 Å². The first-order valence-electron chi connectivity index (χ1n) is 20.6. The molecule has 1 aliphatic heterocycles. The zero-order valence-electron chi connectivity index (χ0n) is 33.8. The van der Waals surface area contributed by atoms with E-state index in [-0.39, 0.29) is 5.41 Å². The van der Waals surface area contributed by atoms with E-state index in [2.05, 4.69) is 228 Å². The van der Waals surface area contributed by atoms with Crippen LogP contribution in [-0.4, -0.2) is 20.8 Å². The van der Waals surface area contributed by atoms with Gasteiger partial charge in [0.25, 0.3) is 0 Å². The van der Waals surface area contributed by atoms with Gasteiger partial charge in [-0.05, 0) is 77.2 Å². The van der Waals surface area contributed by atoms with Gasteiger partial charge in [-0.25, -0.2) is 4.98 Å². The summed E-state index contributed by atoms with van der Waals surface area (Å²) in [6.07, 6.45) is 4.29. The number of fused-ring (bicyclic) bond motifs is 6. The molecule has 6 nitrogen and oxygen atoms in total. The summed E-state index contributed by atoms with van der Waals surface area (Å²) in [7, 11) is 0. The summed E-state index contributed by atoms with van der Waals surface area (Å²) >= 11 is 0. The summed E-state index contributed by atoms with van der Waals surface area (Å²) in [5.41, 5.74) is 11.1. The summed E-state index contributed by atoms with van der Waals surface area (Å²) in [6.45, 7) is 7.45. The van der Waals surface area contributed by atoms with Crippen molar-refractivity contribution in [3.8, 4) is 23.0 Å². The molecular weight excluding hydrogens is 735 g/mol. The quantitative estimate of drug-likeness (QED) is 0.162. The molecule has 0 aliphatic carbocycles. The van der Waals surface area contributed by atoms with E-state index >= 15 is 0 Å². The van der Waals surface area contributed by atoms with Crippen molar-refractivity contribution < 1.29 is 4.74 Å². The third-order valence-electron chi connectivity index (χ3n) is 11.8. The predicted octanol–water partition coefficient (Wildman–Crippen LogP) is 13.6. The highest BCUT2D eigenvalue weighted by Crippen LogP contribution is 2.41. The van der Waals surface area contributed by atoms with Crippen LogP contribution in [0.25, 0.3) is 60.8 Å². The van der Waals surface area contributed by atoms with Gasteiger partial charge in [-0.2, -0.15) is 0 Å². The summed E-state index contributed by atoms with van der Waals surface area (Å²) < 4.78 is 11.5. The van der Waals surface area contributed by atoms with E-state index in [4.69, 9.17) is 9.72 Å². The molecule has 3 aromatic heterocycles. The van der Waals surface area contributed by atoms with Crippen LogP contribution in [0.15, 0.2) is 194 Å². The fourth-order valence-corrected chi connectivity index (χ4v) is 8.78. The average molecular weight is 778 g/mol. The van der Waals surface area contributed by atoms with Crippen LogP contribution in [0.2, 0.25) is 0 Å². The standard InChI is InChI=1S/C54H43N5O/c1-54(2,3)38-29-41(56-35-52(37-17-7-4-8-18-37)57(36-56)39-19-9-5-10-20-39)31-43(30-38)60-42-27-28-46-44-23-13-16-26-49(44)59(50(46)32-42)53-33-51-47(34-55-53)45-24-14-15-25-48(45)58(51)40-21-11-6-12-22-40/h4-35H,36H2,1-3H3. The molecule has 0 spiro atoms. The second-order valence-corrected chi connectivity index (χ2v) is 16.6. The normalized spacial score (nSPS) is 13.2. The van der Waals surface area contributed by atoms with E-state index in [0.29, 0.717) is 6.67 Å². The fraction of sp³-hybridized carbons (Fsp3) is 0.0926. The summed E-state index contributed by atoms with van der Waals surface area (Å²) in [5.74, 6) is 2.40. The van der Waals surface area contributed by atoms with Crippen LogP contribution in [0.4, 0.5) is 11.4 Å². The Hall–Kier alpha value is -7.57. The molecular formula is C54H43N5O. The number of anilines is 2. The maximum Gasteiger partial charge on any atom is 0.139 e. The maximum atomic E-state index is 6.92. The zero-order valence-corrected chi connectivity index (χ0v) is 33.8. The number of pyridine rings is 1. The van der Waals surface area contributed by atoms with Crippen molar-refractivity contribution in [3.05, 3.63) is 206 Å². The molecule has 6 heteroatoms. The van der Waals surface area contributed by atoms with Crippen LogP contribution < -0.4 is 14.5 Å². The van der Waals surface area contributed by atoms with Crippen molar-refractivity contribution in [2.24, 2.45) is 0 Å². The smallest absolute Gasteiger partial charge is 0.139 e. The van der Waals surface area contributed by atoms with Gasteiger partial charge in [0.15, 0.2) is 0 Å². The number of nitrogens with zero attached hydrogens (tertiary/aromatic N) is 5. The minimum atomic E-state index is -0.109. The molecule has 0 saturated carbocycles. The van der Waals surface area contributed by atoms with E-state index in [1.54, 1.807) is 0 Å².